The monoisotopic (exact) mass is 175 g/mol. The summed E-state index contributed by atoms with van der Waals surface area (Å²) < 4.78 is 5.09. The molecule has 0 aliphatic rings. The van der Waals surface area contributed by atoms with Gasteiger partial charge in [-0.1, -0.05) is 12.1 Å². The Balaban J connectivity index is 2.95. The lowest BCUT2D eigenvalue weighted by Gasteiger charge is -2.02. The molecule has 0 unspecified atom stereocenters. The molecule has 0 radical (unpaired) electrons. The fourth-order valence-corrected chi connectivity index (χ4v) is 1.38. The minimum absolute atomic E-state index is 0.116. The van der Waals surface area contributed by atoms with E-state index < -0.39 is 0 Å². The van der Waals surface area contributed by atoms with Crippen molar-refractivity contribution in [1.82, 2.24) is 4.98 Å². The summed E-state index contributed by atoms with van der Waals surface area (Å²) in [5.74, 6) is 0.611. The van der Waals surface area contributed by atoms with E-state index in [0.29, 0.717) is 11.1 Å². The quantitative estimate of drug-likeness (QED) is 0.714. The Morgan fingerprint density at radius 1 is 1.31 bits per heavy atom. The summed E-state index contributed by atoms with van der Waals surface area (Å²) in [5, 5.41) is 1.50. The predicted octanol–water partition coefficient (Wildman–Crippen LogP) is 1.54. The summed E-state index contributed by atoms with van der Waals surface area (Å²) >= 11 is 0. The lowest BCUT2D eigenvalue weighted by Crippen LogP contribution is -2.05. The van der Waals surface area contributed by atoms with E-state index in [0.717, 1.165) is 5.39 Å². The Hall–Kier alpha value is -1.77. The number of methoxy groups -OCH3 is 1. The number of hydrogen-bond donors (Lipinski definition) is 1. The van der Waals surface area contributed by atoms with Gasteiger partial charge >= 0.3 is 0 Å². The summed E-state index contributed by atoms with van der Waals surface area (Å²) in [5.41, 5.74) is -0.116. The number of fused-ring (bicyclic) bond motifs is 1. The van der Waals surface area contributed by atoms with Crippen LogP contribution >= 0.6 is 0 Å². The van der Waals surface area contributed by atoms with Gasteiger partial charge < -0.3 is 9.72 Å². The van der Waals surface area contributed by atoms with Crippen LogP contribution in [0.4, 0.5) is 0 Å². The molecule has 2 rings (SSSR count). The molecule has 0 aliphatic carbocycles. The van der Waals surface area contributed by atoms with Crippen molar-refractivity contribution in [2.24, 2.45) is 0 Å². The number of aromatic amines is 1. The molecule has 0 spiro atoms. The second kappa shape index (κ2) is 2.94. The Morgan fingerprint density at radius 2 is 2.15 bits per heavy atom. The molecule has 0 fully saturated rings. The number of H-pyrrole nitrogens is 1. The van der Waals surface area contributed by atoms with Crippen molar-refractivity contribution in [2.45, 2.75) is 0 Å². The molecule has 0 aliphatic heterocycles. The van der Waals surface area contributed by atoms with Crippen molar-refractivity contribution >= 4 is 10.8 Å². The van der Waals surface area contributed by atoms with Crippen LogP contribution in [0.5, 0.6) is 5.75 Å². The van der Waals surface area contributed by atoms with Crippen molar-refractivity contribution in [3.8, 4) is 5.75 Å². The van der Waals surface area contributed by atoms with Gasteiger partial charge in [0, 0.05) is 6.20 Å². The second-order valence-electron chi connectivity index (χ2n) is 2.73. The van der Waals surface area contributed by atoms with E-state index in [4.69, 9.17) is 4.74 Å². The highest BCUT2D eigenvalue weighted by atomic mass is 16.5. The third-order valence-electron chi connectivity index (χ3n) is 1.98. The molecule has 0 bridgehead atoms. The predicted molar refractivity (Wildman–Crippen MR) is 51.1 cm³/mol. The number of nitrogens with one attached hydrogen (secondary N) is 1. The van der Waals surface area contributed by atoms with Gasteiger partial charge in [-0.05, 0) is 17.5 Å². The van der Waals surface area contributed by atoms with Crippen LogP contribution in [0.25, 0.3) is 10.8 Å². The lowest BCUT2D eigenvalue weighted by molar-refractivity contribution is 0.419. The zero-order valence-electron chi connectivity index (χ0n) is 7.20. The Kier molecular flexibility index (Phi) is 1.77. The highest BCUT2D eigenvalue weighted by molar-refractivity contribution is 5.87. The van der Waals surface area contributed by atoms with Gasteiger partial charge in [0.1, 0.15) is 5.75 Å². The molecule has 1 aromatic heterocycles. The van der Waals surface area contributed by atoms with Crippen molar-refractivity contribution in [1.29, 1.82) is 0 Å². The van der Waals surface area contributed by atoms with E-state index in [-0.39, 0.29) is 5.56 Å². The van der Waals surface area contributed by atoms with Gasteiger partial charge in [0.05, 0.1) is 12.5 Å². The molecule has 3 nitrogen and oxygen atoms in total. The average Bonchev–Trinajstić information content (AvgIpc) is 2.17. The van der Waals surface area contributed by atoms with Crippen LogP contribution in [0.1, 0.15) is 0 Å². The maximum Gasteiger partial charge on any atom is 0.259 e. The van der Waals surface area contributed by atoms with Gasteiger partial charge in [-0.2, -0.15) is 0 Å². The van der Waals surface area contributed by atoms with E-state index in [1.54, 1.807) is 19.4 Å². The van der Waals surface area contributed by atoms with Crippen molar-refractivity contribution in [2.75, 3.05) is 7.11 Å². The highest BCUT2D eigenvalue weighted by Crippen LogP contribution is 2.20. The largest absolute Gasteiger partial charge is 0.496 e. The molecular weight excluding hydrogens is 166 g/mol. The van der Waals surface area contributed by atoms with E-state index in [2.05, 4.69) is 4.98 Å². The van der Waals surface area contributed by atoms with E-state index >= 15 is 0 Å². The topological polar surface area (TPSA) is 42.1 Å². The maximum atomic E-state index is 11.4. The molecule has 2 aromatic rings. The molecule has 1 heterocycles. The smallest absolute Gasteiger partial charge is 0.259 e. The second-order valence-corrected chi connectivity index (χ2v) is 2.73. The first-order chi connectivity index (χ1) is 6.33. The zero-order valence-corrected chi connectivity index (χ0v) is 7.20. The summed E-state index contributed by atoms with van der Waals surface area (Å²) in [6.07, 6.45) is 1.63. The zero-order chi connectivity index (χ0) is 9.26. The first kappa shape index (κ1) is 7.86. The fourth-order valence-electron chi connectivity index (χ4n) is 1.38. The minimum Gasteiger partial charge on any atom is -0.496 e. The third-order valence-corrected chi connectivity index (χ3v) is 1.98. The normalized spacial score (nSPS) is 10.2. The minimum atomic E-state index is -0.116. The van der Waals surface area contributed by atoms with Crippen LogP contribution < -0.4 is 10.3 Å². The summed E-state index contributed by atoms with van der Waals surface area (Å²) in [4.78, 5) is 14.0. The molecule has 0 saturated heterocycles. The average molecular weight is 175 g/mol. The van der Waals surface area contributed by atoms with E-state index in [1.807, 2.05) is 18.2 Å². The molecular formula is C10H9NO2. The van der Waals surface area contributed by atoms with Crippen molar-refractivity contribution < 1.29 is 4.74 Å². The summed E-state index contributed by atoms with van der Waals surface area (Å²) in [6, 6.07) is 7.37. The third kappa shape index (κ3) is 1.18. The Morgan fingerprint density at radius 3 is 2.92 bits per heavy atom. The van der Waals surface area contributed by atoms with Gasteiger partial charge in [-0.15, -0.1) is 0 Å². The van der Waals surface area contributed by atoms with Gasteiger partial charge in [0.15, 0.2) is 0 Å². The molecule has 3 heteroatoms. The number of aromatic nitrogens is 1. The van der Waals surface area contributed by atoms with Crippen LogP contribution in [-0.2, 0) is 0 Å². The van der Waals surface area contributed by atoms with Gasteiger partial charge in [0.2, 0.25) is 0 Å². The molecule has 0 amide bonds. The number of pyridine rings is 1. The Bertz CT molecular complexity index is 482. The molecule has 1 N–H and O–H groups in total. The highest BCUT2D eigenvalue weighted by Gasteiger charge is 2.03. The van der Waals surface area contributed by atoms with Gasteiger partial charge in [0.25, 0.3) is 5.56 Å². The SMILES string of the molecule is COc1cccc2cc[nH]c(=O)c12. The fraction of sp³-hybridized carbons (Fsp3) is 0.100. The first-order valence-corrected chi connectivity index (χ1v) is 3.97. The van der Waals surface area contributed by atoms with E-state index in [9.17, 15) is 4.79 Å². The van der Waals surface area contributed by atoms with E-state index in [1.165, 1.54) is 0 Å². The molecule has 13 heavy (non-hydrogen) atoms. The van der Waals surface area contributed by atoms with Crippen LogP contribution in [0, 0.1) is 0 Å². The summed E-state index contributed by atoms with van der Waals surface area (Å²) in [6.45, 7) is 0. The first-order valence-electron chi connectivity index (χ1n) is 3.97. The lowest BCUT2D eigenvalue weighted by atomic mass is 10.1. The van der Waals surface area contributed by atoms with Crippen LogP contribution in [0.15, 0.2) is 35.3 Å². The molecule has 66 valence electrons. The standard InChI is InChI=1S/C10H9NO2/c1-13-8-4-2-3-7-5-6-11-10(12)9(7)8/h2-6H,1H3,(H,11,12). The molecule has 0 atom stereocenters. The van der Waals surface area contributed by atoms with Crippen LogP contribution in [-0.4, -0.2) is 12.1 Å². The van der Waals surface area contributed by atoms with Crippen LogP contribution in [0.3, 0.4) is 0 Å². The number of benzene rings is 1. The number of hydrogen-bond acceptors (Lipinski definition) is 2. The maximum absolute atomic E-state index is 11.4. The van der Waals surface area contributed by atoms with Crippen molar-refractivity contribution in [3.05, 3.63) is 40.8 Å². The van der Waals surface area contributed by atoms with Crippen LogP contribution in [0.2, 0.25) is 0 Å². The molecule has 1 aromatic carbocycles. The van der Waals surface area contributed by atoms with Gasteiger partial charge in [-0.25, -0.2) is 0 Å². The number of rotatable bonds is 1. The number of ether oxygens (including phenoxy) is 1. The van der Waals surface area contributed by atoms with Gasteiger partial charge in [-0.3, -0.25) is 4.79 Å². The Labute approximate surface area is 75.0 Å². The van der Waals surface area contributed by atoms with Crippen molar-refractivity contribution in [3.63, 3.8) is 0 Å². The summed E-state index contributed by atoms with van der Waals surface area (Å²) in [7, 11) is 1.56. The molecule has 0 saturated carbocycles.